The molecule has 2 aromatic rings. The summed E-state index contributed by atoms with van der Waals surface area (Å²) in [5.74, 6) is -0.00639. The Morgan fingerprint density at radius 3 is 1.70 bits per heavy atom. The van der Waals surface area contributed by atoms with Crippen LogP contribution in [0.15, 0.2) is 36.4 Å². The van der Waals surface area contributed by atoms with Crippen LogP contribution in [0, 0.1) is 26.6 Å². The van der Waals surface area contributed by atoms with Crippen molar-refractivity contribution in [2.75, 3.05) is 7.11 Å². The van der Waals surface area contributed by atoms with E-state index in [0.29, 0.717) is 5.75 Å². The van der Waals surface area contributed by atoms with Gasteiger partial charge in [-0.25, -0.2) is 4.39 Å². The van der Waals surface area contributed by atoms with Crippen molar-refractivity contribution in [1.29, 1.82) is 0 Å². The van der Waals surface area contributed by atoms with Crippen molar-refractivity contribution >= 4 is 11.6 Å². The van der Waals surface area contributed by atoms with Crippen LogP contribution in [0.2, 0.25) is 5.02 Å². The van der Waals surface area contributed by atoms with Gasteiger partial charge in [0.2, 0.25) is 0 Å². The van der Waals surface area contributed by atoms with Crippen molar-refractivity contribution in [3.63, 3.8) is 0 Å². The Morgan fingerprint density at radius 1 is 0.826 bits per heavy atom. The highest BCUT2D eigenvalue weighted by Crippen LogP contribution is 2.17. The fourth-order valence-electron chi connectivity index (χ4n) is 1.56. The topological polar surface area (TPSA) is 9.23 Å². The second-order valence-corrected chi connectivity index (χ2v) is 4.80. The van der Waals surface area contributed by atoms with Crippen LogP contribution in [0.25, 0.3) is 0 Å². The van der Waals surface area contributed by atoms with Gasteiger partial charge >= 0.3 is 0 Å². The summed E-state index contributed by atoms with van der Waals surface area (Å²) >= 11 is 5.78. The van der Waals surface area contributed by atoms with E-state index in [0.717, 1.165) is 16.1 Å². The second kappa shape index (κ2) is 14.1. The summed E-state index contributed by atoms with van der Waals surface area (Å²) in [5, 5.41) is 0.848. The minimum absolute atomic E-state index is 0.306. The highest BCUT2D eigenvalue weighted by Gasteiger charge is 1.99. The Morgan fingerprint density at radius 2 is 1.30 bits per heavy atom. The molecule has 0 aliphatic heterocycles. The van der Waals surface area contributed by atoms with Gasteiger partial charge in [0, 0.05) is 5.02 Å². The molecular weight excluding hydrogens is 311 g/mol. The van der Waals surface area contributed by atoms with Crippen LogP contribution in [-0.4, -0.2) is 7.11 Å². The Kier molecular flexibility index (Phi) is 14.5. The van der Waals surface area contributed by atoms with E-state index in [-0.39, 0.29) is 5.82 Å². The molecule has 1 nitrogen and oxygen atoms in total. The quantitative estimate of drug-likeness (QED) is 0.535. The first-order valence-electron chi connectivity index (χ1n) is 7.97. The number of methoxy groups -OCH3 is 1. The fourth-order valence-corrected chi connectivity index (χ4v) is 1.68. The van der Waals surface area contributed by atoms with Crippen molar-refractivity contribution in [3.8, 4) is 5.75 Å². The van der Waals surface area contributed by atoms with Crippen LogP contribution in [0.1, 0.15) is 44.4 Å². The van der Waals surface area contributed by atoms with Crippen LogP contribution in [0.3, 0.4) is 0 Å². The van der Waals surface area contributed by atoms with E-state index in [9.17, 15) is 4.39 Å². The number of ether oxygens (including phenoxy) is 1. The third kappa shape index (κ3) is 9.96. The van der Waals surface area contributed by atoms with Gasteiger partial charge in [0.15, 0.2) is 11.6 Å². The molecule has 0 spiro atoms. The first-order chi connectivity index (χ1) is 10.9. The molecule has 0 saturated carbocycles. The van der Waals surface area contributed by atoms with Crippen molar-refractivity contribution < 1.29 is 9.13 Å². The highest BCUT2D eigenvalue weighted by molar-refractivity contribution is 6.31. The minimum Gasteiger partial charge on any atom is -0.494 e. The van der Waals surface area contributed by atoms with E-state index in [1.165, 1.54) is 18.7 Å². The summed E-state index contributed by atoms with van der Waals surface area (Å²) < 4.78 is 17.4. The van der Waals surface area contributed by atoms with Crippen molar-refractivity contribution in [1.82, 2.24) is 0 Å². The molecule has 2 aromatic carbocycles. The van der Waals surface area contributed by atoms with E-state index in [1.54, 1.807) is 12.1 Å². The second-order valence-electron chi connectivity index (χ2n) is 4.39. The third-order valence-corrected chi connectivity index (χ3v) is 3.04. The largest absolute Gasteiger partial charge is 0.494 e. The Balaban J connectivity index is 0. The van der Waals surface area contributed by atoms with Crippen molar-refractivity contribution in [2.45, 2.75) is 48.5 Å². The highest BCUT2D eigenvalue weighted by atomic mass is 35.5. The summed E-state index contributed by atoms with van der Waals surface area (Å²) in [6.07, 6.45) is 0. The molecule has 0 amide bonds. The lowest BCUT2D eigenvalue weighted by Crippen LogP contribution is -1.87. The van der Waals surface area contributed by atoms with Gasteiger partial charge in [-0.3, -0.25) is 0 Å². The Hall–Kier alpha value is -1.54. The van der Waals surface area contributed by atoms with Gasteiger partial charge in [-0.1, -0.05) is 63.1 Å². The summed E-state index contributed by atoms with van der Waals surface area (Å²) in [5.41, 5.74) is 3.41. The number of hydrogen-bond acceptors (Lipinski definition) is 1. The molecule has 0 bridgehead atoms. The maximum atomic E-state index is 12.6. The number of halogens is 2. The van der Waals surface area contributed by atoms with Crippen LogP contribution in [-0.2, 0) is 0 Å². The molecule has 0 aliphatic carbocycles. The number of rotatable bonds is 1. The average Bonchev–Trinajstić information content (AvgIpc) is 2.58. The predicted molar refractivity (Wildman–Crippen MR) is 101 cm³/mol. The van der Waals surface area contributed by atoms with Gasteiger partial charge in [-0.05, 0) is 50.1 Å². The standard InChI is InChI=1S/C8H9Cl.C8H9FO.2C2H6/c1-6-3-4-8(9)7(2)5-6;1-6-3-4-7(9)8(5-6)10-2;2*1-2/h3-5H,1-2H3;3-5H,1-2H3;2*1-2H3. The SMILES string of the molecule is CC.CC.COc1cc(C)ccc1F.Cc1ccc(Cl)c(C)c1. The molecule has 0 radical (unpaired) electrons. The molecule has 0 fully saturated rings. The first kappa shape index (κ1) is 23.7. The number of benzene rings is 2. The fraction of sp³-hybridized carbons (Fsp3) is 0.400. The van der Waals surface area contributed by atoms with Gasteiger partial charge in [0.25, 0.3) is 0 Å². The Labute approximate surface area is 146 Å². The lowest BCUT2D eigenvalue weighted by atomic mass is 10.2. The zero-order valence-electron chi connectivity index (χ0n) is 15.6. The van der Waals surface area contributed by atoms with Gasteiger partial charge in [-0.15, -0.1) is 0 Å². The Bertz CT molecular complexity index is 553. The number of aryl methyl sites for hydroxylation is 3. The van der Waals surface area contributed by atoms with Gasteiger partial charge < -0.3 is 4.74 Å². The third-order valence-electron chi connectivity index (χ3n) is 2.62. The molecule has 23 heavy (non-hydrogen) atoms. The van der Waals surface area contributed by atoms with Gasteiger partial charge in [0.05, 0.1) is 7.11 Å². The molecule has 0 heterocycles. The van der Waals surface area contributed by atoms with E-state index in [4.69, 9.17) is 16.3 Å². The molecule has 0 saturated heterocycles. The summed E-state index contributed by atoms with van der Waals surface area (Å²) in [4.78, 5) is 0. The van der Waals surface area contributed by atoms with Gasteiger partial charge in [0.1, 0.15) is 0 Å². The van der Waals surface area contributed by atoms with Crippen molar-refractivity contribution in [2.24, 2.45) is 0 Å². The number of hydrogen-bond donors (Lipinski definition) is 0. The van der Waals surface area contributed by atoms with E-state index >= 15 is 0 Å². The average molecular weight is 341 g/mol. The molecule has 2 rings (SSSR count). The van der Waals surface area contributed by atoms with Crippen LogP contribution < -0.4 is 4.74 Å². The smallest absolute Gasteiger partial charge is 0.165 e. The maximum Gasteiger partial charge on any atom is 0.165 e. The molecule has 130 valence electrons. The van der Waals surface area contributed by atoms with Crippen LogP contribution in [0.4, 0.5) is 4.39 Å². The molecule has 0 unspecified atom stereocenters. The summed E-state index contributed by atoms with van der Waals surface area (Å²) in [7, 11) is 1.46. The lowest BCUT2D eigenvalue weighted by molar-refractivity contribution is 0.386. The lowest BCUT2D eigenvalue weighted by Gasteiger charge is -2.00. The van der Waals surface area contributed by atoms with E-state index < -0.39 is 0 Å². The summed E-state index contributed by atoms with van der Waals surface area (Å²) in [6.45, 7) is 14.0. The molecule has 0 N–H and O–H groups in total. The van der Waals surface area contributed by atoms with Gasteiger partial charge in [-0.2, -0.15) is 0 Å². The summed E-state index contributed by atoms with van der Waals surface area (Å²) in [6, 6.07) is 10.8. The van der Waals surface area contributed by atoms with E-state index in [1.807, 2.05) is 53.7 Å². The molecule has 0 aliphatic rings. The normalized spacial score (nSPS) is 8.43. The van der Waals surface area contributed by atoms with Crippen LogP contribution in [0.5, 0.6) is 5.75 Å². The zero-order valence-corrected chi connectivity index (χ0v) is 16.4. The monoisotopic (exact) mass is 340 g/mol. The van der Waals surface area contributed by atoms with Crippen molar-refractivity contribution in [3.05, 3.63) is 63.9 Å². The molecule has 0 aromatic heterocycles. The first-order valence-corrected chi connectivity index (χ1v) is 8.34. The zero-order chi connectivity index (χ0) is 18.4. The van der Waals surface area contributed by atoms with E-state index in [2.05, 4.69) is 13.0 Å². The minimum atomic E-state index is -0.312. The molecular formula is C20H30ClFO. The maximum absolute atomic E-state index is 12.6. The molecule has 0 atom stereocenters. The predicted octanol–water partition coefficient (Wildman–Crippen LogP) is 7.15. The molecule has 3 heteroatoms. The van der Waals surface area contributed by atoms with Crippen LogP contribution >= 0.6 is 11.6 Å².